The molecule has 1 amide bonds. The van der Waals surface area contributed by atoms with E-state index in [1.54, 1.807) is 0 Å². The van der Waals surface area contributed by atoms with Gasteiger partial charge in [-0.05, 0) is 30.5 Å². The highest BCUT2D eigenvalue weighted by Crippen LogP contribution is 2.18. The number of carboxylic acid groups (broad SMARTS) is 1. The summed E-state index contributed by atoms with van der Waals surface area (Å²) in [6.45, 7) is 2.46. The normalized spacial score (nSPS) is 19.7. The summed E-state index contributed by atoms with van der Waals surface area (Å²) in [6.07, 6.45) is 1.92. The maximum atomic E-state index is 11.2. The topological polar surface area (TPSA) is 83.6 Å². The second kappa shape index (κ2) is 6.52. The van der Waals surface area contributed by atoms with Crippen molar-refractivity contribution in [2.24, 2.45) is 11.7 Å². The maximum absolute atomic E-state index is 11.2. The molecule has 1 aromatic carbocycles. The minimum atomic E-state index is -0.821. The van der Waals surface area contributed by atoms with Crippen LogP contribution in [-0.2, 0) is 22.6 Å². The molecule has 1 fully saturated rings. The first-order valence-corrected chi connectivity index (χ1v) is 6.86. The number of carbonyl (C=O) groups excluding carboxylic acids is 1. The highest BCUT2D eigenvalue weighted by atomic mass is 16.4. The van der Waals surface area contributed by atoms with E-state index in [1.807, 2.05) is 24.3 Å². The SMILES string of the molecule is NC(=O)C1CCCN(Cc2ccc(CC(=O)O)cc2)C1. The molecule has 1 aromatic rings. The molecule has 3 N–H and O–H groups in total. The summed E-state index contributed by atoms with van der Waals surface area (Å²) in [5, 5.41) is 8.73. The number of nitrogens with zero attached hydrogens (tertiary/aromatic N) is 1. The van der Waals surface area contributed by atoms with Gasteiger partial charge in [-0.3, -0.25) is 14.5 Å². The first kappa shape index (κ1) is 14.5. The number of likely N-dealkylation sites (tertiary alicyclic amines) is 1. The molecule has 1 aliphatic rings. The monoisotopic (exact) mass is 276 g/mol. The van der Waals surface area contributed by atoms with Crippen molar-refractivity contribution in [3.63, 3.8) is 0 Å². The predicted molar refractivity (Wildman–Crippen MR) is 75.0 cm³/mol. The Morgan fingerprint density at radius 3 is 2.50 bits per heavy atom. The lowest BCUT2D eigenvalue weighted by atomic mass is 9.97. The van der Waals surface area contributed by atoms with Crippen LogP contribution in [0.1, 0.15) is 24.0 Å². The van der Waals surface area contributed by atoms with Crippen molar-refractivity contribution in [2.45, 2.75) is 25.8 Å². The molecule has 1 atom stereocenters. The maximum Gasteiger partial charge on any atom is 0.307 e. The van der Waals surface area contributed by atoms with Crippen molar-refractivity contribution in [2.75, 3.05) is 13.1 Å². The molecule has 5 nitrogen and oxygen atoms in total. The van der Waals surface area contributed by atoms with E-state index in [4.69, 9.17) is 10.8 Å². The fraction of sp³-hybridized carbons (Fsp3) is 0.467. The Morgan fingerprint density at radius 1 is 1.25 bits per heavy atom. The van der Waals surface area contributed by atoms with E-state index in [1.165, 1.54) is 0 Å². The third-order valence-electron chi connectivity index (χ3n) is 3.69. The number of carboxylic acids is 1. The Kier molecular flexibility index (Phi) is 4.74. The fourth-order valence-corrected chi connectivity index (χ4v) is 2.63. The molecular weight excluding hydrogens is 256 g/mol. The van der Waals surface area contributed by atoms with Crippen molar-refractivity contribution in [3.05, 3.63) is 35.4 Å². The predicted octanol–water partition coefficient (Wildman–Crippen LogP) is 1.01. The summed E-state index contributed by atoms with van der Waals surface area (Å²) in [5.41, 5.74) is 7.30. The number of primary amides is 1. The van der Waals surface area contributed by atoms with E-state index < -0.39 is 5.97 Å². The van der Waals surface area contributed by atoms with Crippen LogP contribution in [0.4, 0.5) is 0 Å². The average molecular weight is 276 g/mol. The van der Waals surface area contributed by atoms with Crippen LogP contribution in [0.15, 0.2) is 24.3 Å². The molecule has 1 saturated heterocycles. The second-order valence-electron chi connectivity index (χ2n) is 5.36. The molecule has 2 rings (SSSR count). The third kappa shape index (κ3) is 4.06. The lowest BCUT2D eigenvalue weighted by Gasteiger charge is -2.31. The van der Waals surface area contributed by atoms with Crippen LogP contribution in [-0.4, -0.2) is 35.0 Å². The van der Waals surface area contributed by atoms with E-state index in [0.717, 1.165) is 37.1 Å². The summed E-state index contributed by atoms with van der Waals surface area (Å²) >= 11 is 0. The number of rotatable bonds is 5. The number of amides is 1. The van der Waals surface area contributed by atoms with Crippen LogP contribution in [0.5, 0.6) is 0 Å². The van der Waals surface area contributed by atoms with Crippen LogP contribution in [0.3, 0.4) is 0 Å². The smallest absolute Gasteiger partial charge is 0.307 e. The molecule has 1 aliphatic heterocycles. The number of hydrogen-bond acceptors (Lipinski definition) is 3. The van der Waals surface area contributed by atoms with Gasteiger partial charge in [0.25, 0.3) is 0 Å². The quantitative estimate of drug-likeness (QED) is 0.840. The van der Waals surface area contributed by atoms with E-state index in [9.17, 15) is 9.59 Å². The molecule has 0 bridgehead atoms. The molecule has 0 radical (unpaired) electrons. The van der Waals surface area contributed by atoms with Crippen molar-refractivity contribution in [3.8, 4) is 0 Å². The number of hydrogen-bond donors (Lipinski definition) is 2. The third-order valence-corrected chi connectivity index (χ3v) is 3.69. The molecule has 20 heavy (non-hydrogen) atoms. The Balaban J connectivity index is 1.92. The Hall–Kier alpha value is -1.88. The molecule has 0 spiro atoms. The van der Waals surface area contributed by atoms with Gasteiger partial charge in [0.1, 0.15) is 0 Å². The van der Waals surface area contributed by atoms with E-state index in [0.29, 0.717) is 6.54 Å². The molecule has 0 aliphatic carbocycles. The lowest BCUT2D eigenvalue weighted by molar-refractivity contribution is -0.136. The molecule has 0 saturated carbocycles. The zero-order valence-electron chi connectivity index (χ0n) is 11.4. The zero-order chi connectivity index (χ0) is 14.5. The van der Waals surface area contributed by atoms with E-state index in [2.05, 4.69) is 4.90 Å². The first-order chi connectivity index (χ1) is 9.54. The van der Waals surface area contributed by atoms with Gasteiger partial charge in [0.15, 0.2) is 0 Å². The minimum absolute atomic E-state index is 0.0463. The van der Waals surface area contributed by atoms with E-state index in [-0.39, 0.29) is 18.2 Å². The average Bonchev–Trinajstić information content (AvgIpc) is 2.41. The lowest BCUT2D eigenvalue weighted by Crippen LogP contribution is -2.40. The van der Waals surface area contributed by atoms with Crippen LogP contribution in [0.2, 0.25) is 0 Å². The second-order valence-corrected chi connectivity index (χ2v) is 5.36. The highest BCUT2D eigenvalue weighted by Gasteiger charge is 2.23. The van der Waals surface area contributed by atoms with Gasteiger partial charge in [-0.15, -0.1) is 0 Å². The molecule has 5 heteroatoms. The molecule has 1 heterocycles. The minimum Gasteiger partial charge on any atom is -0.481 e. The summed E-state index contributed by atoms with van der Waals surface area (Å²) in [4.78, 5) is 24.1. The fourth-order valence-electron chi connectivity index (χ4n) is 2.63. The van der Waals surface area contributed by atoms with E-state index >= 15 is 0 Å². The van der Waals surface area contributed by atoms with Crippen LogP contribution >= 0.6 is 0 Å². The van der Waals surface area contributed by atoms with Gasteiger partial charge < -0.3 is 10.8 Å². The van der Waals surface area contributed by atoms with Crippen molar-refractivity contribution in [1.82, 2.24) is 4.90 Å². The number of aliphatic carboxylic acids is 1. The van der Waals surface area contributed by atoms with Crippen molar-refractivity contribution >= 4 is 11.9 Å². The summed E-state index contributed by atoms with van der Waals surface area (Å²) in [5.74, 6) is -1.08. The number of benzene rings is 1. The number of nitrogens with two attached hydrogens (primary N) is 1. The van der Waals surface area contributed by atoms with Gasteiger partial charge >= 0.3 is 5.97 Å². The van der Waals surface area contributed by atoms with Crippen LogP contribution in [0.25, 0.3) is 0 Å². The molecule has 108 valence electrons. The molecule has 1 unspecified atom stereocenters. The Morgan fingerprint density at radius 2 is 1.90 bits per heavy atom. The van der Waals surface area contributed by atoms with Gasteiger partial charge in [0.2, 0.25) is 5.91 Å². The van der Waals surface area contributed by atoms with Crippen LogP contribution in [0, 0.1) is 5.92 Å². The van der Waals surface area contributed by atoms with Gasteiger partial charge in [0.05, 0.1) is 12.3 Å². The first-order valence-electron chi connectivity index (χ1n) is 6.86. The van der Waals surface area contributed by atoms with Gasteiger partial charge in [-0.2, -0.15) is 0 Å². The molecular formula is C15H20N2O3. The Bertz CT molecular complexity index is 484. The summed E-state index contributed by atoms with van der Waals surface area (Å²) < 4.78 is 0. The number of piperidine rings is 1. The summed E-state index contributed by atoms with van der Waals surface area (Å²) in [7, 11) is 0. The molecule has 0 aromatic heterocycles. The van der Waals surface area contributed by atoms with Crippen molar-refractivity contribution in [1.29, 1.82) is 0 Å². The van der Waals surface area contributed by atoms with Crippen LogP contribution < -0.4 is 5.73 Å². The highest BCUT2D eigenvalue weighted by molar-refractivity contribution is 5.76. The zero-order valence-corrected chi connectivity index (χ0v) is 11.4. The van der Waals surface area contributed by atoms with Gasteiger partial charge in [0, 0.05) is 13.1 Å². The van der Waals surface area contributed by atoms with Crippen molar-refractivity contribution < 1.29 is 14.7 Å². The number of carbonyl (C=O) groups is 2. The standard InChI is InChI=1S/C15H20N2O3/c16-15(20)13-2-1-7-17(10-13)9-12-5-3-11(4-6-12)8-14(18)19/h3-6,13H,1-2,7-10H2,(H2,16,20)(H,18,19). The van der Waals surface area contributed by atoms with Gasteiger partial charge in [-0.1, -0.05) is 24.3 Å². The summed E-state index contributed by atoms with van der Waals surface area (Å²) in [6, 6.07) is 7.59. The van der Waals surface area contributed by atoms with Gasteiger partial charge in [-0.25, -0.2) is 0 Å². The largest absolute Gasteiger partial charge is 0.481 e. The Labute approximate surface area is 118 Å².